The van der Waals surface area contributed by atoms with E-state index in [1.165, 1.54) is 65.1 Å². The summed E-state index contributed by atoms with van der Waals surface area (Å²) in [5.41, 5.74) is 5.60. The Hall–Kier alpha value is -10.3. The molecule has 0 aliphatic heterocycles. The van der Waals surface area contributed by atoms with Crippen LogP contribution in [0.4, 0.5) is 26.3 Å². The van der Waals surface area contributed by atoms with Crippen molar-refractivity contribution in [2.45, 2.75) is 176 Å². The fourth-order valence-electron chi connectivity index (χ4n) is 11.6. The first-order valence-electron chi connectivity index (χ1n) is 40.6. The van der Waals surface area contributed by atoms with Crippen LogP contribution in [-0.4, -0.2) is 125 Å². The maximum Gasteiger partial charge on any atom is 0.411 e. The number of hydrogen-bond donors (Lipinski definition) is 0. The molecule has 0 N–H and O–H groups in total. The normalized spacial score (nSPS) is 11.2. The van der Waals surface area contributed by atoms with Crippen LogP contribution >= 0.6 is 0 Å². The van der Waals surface area contributed by atoms with Gasteiger partial charge < -0.3 is 61.6 Å². The van der Waals surface area contributed by atoms with Crippen molar-refractivity contribution < 1.29 is 87.9 Å². The summed E-state index contributed by atoms with van der Waals surface area (Å²) in [4.78, 5) is 0. The van der Waals surface area contributed by atoms with Crippen LogP contribution in [0.3, 0.4) is 0 Å². The molecule has 0 spiro atoms. The summed E-state index contributed by atoms with van der Waals surface area (Å²) in [6.07, 6.45) is -9.98. The van der Waals surface area contributed by atoms with Crippen LogP contribution in [0.15, 0.2) is 243 Å². The number of ether oxygens (including phenoxy) is 13. The number of alkyl halides is 6. The fraction of sp³-hybridized carbons (Fsp3) is 0.423. The topological polar surface area (TPSA) is 120 Å². The van der Waals surface area contributed by atoms with Crippen molar-refractivity contribution >= 4 is 0 Å². The van der Waals surface area contributed by atoms with E-state index in [2.05, 4.69) is 202 Å². The lowest BCUT2D eigenvalue weighted by Gasteiger charge is -2.38. The molecule has 0 saturated carbocycles. The molecule has 0 atom stereocenters. The van der Waals surface area contributed by atoms with E-state index in [9.17, 15) is 26.3 Å². The highest BCUT2D eigenvalue weighted by atomic mass is 19.4. The van der Waals surface area contributed by atoms with E-state index in [4.69, 9.17) is 56.8 Å². The zero-order chi connectivity index (χ0) is 93.6. The van der Waals surface area contributed by atoms with Crippen LogP contribution in [0.25, 0.3) is 11.1 Å². The Morgan fingerprint density at radius 1 is 0.220 bits per heavy atom. The third-order valence-electron chi connectivity index (χ3n) is 18.9. The van der Waals surface area contributed by atoms with Gasteiger partial charge in [-0.3, -0.25) is 0 Å². The van der Waals surface area contributed by atoms with E-state index < -0.39 is 28.9 Å². The Morgan fingerprint density at radius 3 is 0.602 bits per heavy atom. The molecule has 123 heavy (non-hydrogen) atoms. The molecule has 678 valence electrons. The number of halogens is 6. The largest absolute Gasteiger partial charge is 0.497 e. The second kappa shape index (κ2) is 53.6. The summed E-state index contributed by atoms with van der Waals surface area (Å²) in [6.45, 7) is 41.5. The van der Waals surface area contributed by atoms with Gasteiger partial charge in [0.2, 0.25) is 5.41 Å². The maximum absolute atomic E-state index is 13.8. The van der Waals surface area contributed by atoms with E-state index in [0.29, 0.717) is 0 Å². The van der Waals surface area contributed by atoms with Crippen molar-refractivity contribution in [3.05, 3.63) is 287 Å². The highest BCUT2D eigenvalue weighted by Gasteiger charge is 2.72. The van der Waals surface area contributed by atoms with Crippen molar-refractivity contribution in [1.82, 2.24) is 0 Å². The smallest absolute Gasteiger partial charge is 0.411 e. The van der Waals surface area contributed by atoms with Crippen LogP contribution in [0.2, 0.25) is 0 Å². The molecular formula is C104H142F6O13. The predicted molar refractivity (Wildman–Crippen MR) is 495 cm³/mol. The van der Waals surface area contributed by atoms with Crippen molar-refractivity contribution in [2.24, 2.45) is 5.41 Å². The maximum atomic E-state index is 13.8. The molecule has 0 aliphatic carbocycles. The van der Waals surface area contributed by atoms with Gasteiger partial charge in [0, 0.05) is 45.3 Å². The van der Waals surface area contributed by atoms with Gasteiger partial charge in [-0.25, -0.2) is 0 Å². The van der Waals surface area contributed by atoms with Crippen LogP contribution in [0, 0.1) is 5.41 Å². The quantitative estimate of drug-likeness (QED) is 0.0715. The molecule has 10 rings (SSSR count). The SMILES string of the molecule is CC(C)(C)c1ccc(C(C)(C)C)cc1.CC(C)(C)c1cccc(C(C)(C)C)c1.CCC.COC.COCC(C)(C)COC.COc1ccc(-c2ccc(OC)cc2)cc1.COc1ccc(C(C)(C)c2ccc(OC)cc2)cc1.COc1ccc(C(c2ccc(OC)cc2)(C(F)(F)F)C(F)(F)F)cc1.COc1ccc(OC)cc1.COc1cccc(OC)c1. The zero-order valence-corrected chi connectivity index (χ0v) is 79.3. The molecule has 0 amide bonds. The van der Waals surface area contributed by atoms with Gasteiger partial charge in [0.25, 0.3) is 0 Å². The number of hydrogen-bond acceptors (Lipinski definition) is 13. The van der Waals surface area contributed by atoms with E-state index >= 15 is 0 Å². The first kappa shape index (κ1) is 111. The molecule has 0 heterocycles. The van der Waals surface area contributed by atoms with Crippen molar-refractivity contribution in [3.63, 3.8) is 0 Å². The highest BCUT2D eigenvalue weighted by Crippen LogP contribution is 2.56. The summed E-state index contributed by atoms with van der Waals surface area (Å²) >= 11 is 0. The molecule has 0 aromatic heterocycles. The summed E-state index contributed by atoms with van der Waals surface area (Å²) in [6, 6.07) is 72.6. The minimum absolute atomic E-state index is 0.0431. The average Bonchev–Trinajstić information content (AvgIpc) is 0.716. The number of methoxy groups -OCH3 is 13. The van der Waals surface area contributed by atoms with E-state index in [1.54, 1.807) is 85.3 Å². The van der Waals surface area contributed by atoms with Gasteiger partial charge in [-0.15, -0.1) is 0 Å². The third kappa shape index (κ3) is 38.1. The first-order chi connectivity index (χ1) is 57.6. The van der Waals surface area contributed by atoms with Gasteiger partial charge in [-0.05, 0) is 186 Å². The second-order valence-electron chi connectivity index (χ2n) is 33.8. The first-order valence-corrected chi connectivity index (χ1v) is 40.6. The third-order valence-corrected chi connectivity index (χ3v) is 18.9. The Morgan fingerprint density at radius 2 is 0.407 bits per heavy atom. The Labute approximate surface area is 734 Å². The monoisotopic (exact) mass is 1710 g/mol. The zero-order valence-electron chi connectivity index (χ0n) is 79.3. The molecule has 0 unspecified atom stereocenters. The fourth-order valence-corrected chi connectivity index (χ4v) is 11.6. The van der Waals surface area contributed by atoms with Crippen LogP contribution in [-0.2, 0) is 46.7 Å². The minimum Gasteiger partial charge on any atom is -0.497 e. The van der Waals surface area contributed by atoms with E-state index in [-0.39, 0.29) is 44.0 Å². The molecule has 0 radical (unpaired) electrons. The lowest BCUT2D eigenvalue weighted by Crippen LogP contribution is -2.54. The Kier molecular flexibility index (Phi) is 48.3. The summed E-state index contributed by atoms with van der Waals surface area (Å²) < 4.78 is 147. The summed E-state index contributed by atoms with van der Waals surface area (Å²) in [5.74, 6) is 7.15. The van der Waals surface area contributed by atoms with Crippen molar-refractivity contribution in [2.75, 3.05) is 113 Å². The molecule has 0 aliphatic rings. The minimum atomic E-state index is -5.62. The number of rotatable bonds is 19. The van der Waals surface area contributed by atoms with Crippen LogP contribution in [0.1, 0.15) is 176 Å². The van der Waals surface area contributed by atoms with Gasteiger partial charge in [0.15, 0.2) is 0 Å². The molecule has 0 bridgehead atoms. The molecule has 10 aromatic carbocycles. The van der Waals surface area contributed by atoms with Gasteiger partial charge in [-0.1, -0.05) is 258 Å². The predicted octanol–water partition coefficient (Wildman–Crippen LogP) is 27.5. The molecular weight excluding hydrogens is 1570 g/mol. The van der Waals surface area contributed by atoms with Crippen LogP contribution < -0.4 is 47.4 Å². The van der Waals surface area contributed by atoms with Gasteiger partial charge in [0.1, 0.15) is 57.5 Å². The molecule has 13 nitrogen and oxygen atoms in total. The lowest BCUT2D eigenvalue weighted by molar-refractivity contribution is -0.288. The molecule has 0 fully saturated rings. The van der Waals surface area contributed by atoms with E-state index in [1.807, 2.05) is 121 Å². The standard InChI is InChI=1S/C17H14F6O2.C17H20O2.C14H14O2.2C14H22.2C8H10O2.C7H16O2.C3H8.C2H6O/c1-24-13-7-3-11(4-8-13)15(16(18,19)20,17(21,22)23)12-5-9-14(25-2)10-6-12;1-17(2,13-5-9-15(18-3)10-6-13)14-7-11-16(19-4)12-8-14;1-15-13-7-3-11(4-8-13)12-5-9-14(16-2)10-6-12;1-13(2,3)11-7-9-12(10-8-11)14(4,5)6;1-13(2,3)11-8-7-9-12(10-11)14(4,5)6;1-9-7-3-5-8(10-2)6-4-7;1-9-7-4-3-5-8(6-7)10-2;1-7(2,5-8-3)6-9-4;2*1-3-2/h3-10H,1-2H3;5-12H,1-4H3;3-10H,1-2H3;2*7-10H,1-6H3;2*3-6H,1-2H3;5-6H2,1-4H3;3H2,1-2H3;1-2H3. The number of benzene rings is 10. The molecule has 10 aromatic rings. The molecule has 0 saturated heterocycles. The van der Waals surface area contributed by atoms with Crippen molar-refractivity contribution in [3.8, 4) is 68.6 Å². The summed E-state index contributed by atoms with van der Waals surface area (Å²) in [7, 11) is 22.4. The van der Waals surface area contributed by atoms with Crippen LogP contribution in [0.5, 0.6) is 57.5 Å². The lowest BCUT2D eigenvalue weighted by atomic mass is 9.73. The summed E-state index contributed by atoms with van der Waals surface area (Å²) in [5, 5.41) is 0. The van der Waals surface area contributed by atoms with E-state index in [0.717, 1.165) is 108 Å². The highest BCUT2D eigenvalue weighted by molar-refractivity contribution is 5.65. The van der Waals surface area contributed by atoms with Gasteiger partial charge in [0.05, 0.1) is 84.3 Å². The Balaban J connectivity index is 0.000000710. The Bertz CT molecular complexity index is 4150. The second-order valence-corrected chi connectivity index (χ2v) is 33.8. The van der Waals surface area contributed by atoms with Crippen molar-refractivity contribution in [1.29, 1.82) is 0 Å². The van der Waals surface area contributed by atoms with Gasteiger partial charge in [-0.2, -0.15) is 26.3 Å². The average molecular weight is 1710 g/mol. The molecule has 19 heteroatoms. The van der Waals surface area contributed by atoms with Gasteiger partial charge >= 0.3 is 12.4 Å².